The molecule has 0 fully saturated rings. The van der Waals surface area contributed by atoms with E-state index in [1.54, 1.807) is 35.5 Å². The lowest BCUT2D eigenvalue weighted by Crippen LogP contribution is -2.25. The molecule has 4 nitrogen and oxygen atoms in total. The SMILES string of the molecule is CC(NC(=O)c1cnn(C)c1)c1cccs1. The minimum Gasteiger partial charge on any atom is -0.345 e. The van der Waals surface area contributed by atoms with E-state index >= 15 is 0 Å². The standard InChI is InChI=1S/C11H13N3OS/c1-8(10-4-3-5-16-10)13-11(15)9-6-12-14(2)7-9/h3-8H,1-2H3,(H,13,15). The molecule has 84 valence electrons. The van der Waals surface area contributed by atoms with Crippen LogP contribution in [0.4, 0.5) is 0 Å². The number of hydrogen-bond donors (Lipinski definition) is 1. The van der Waals surface area contributed by atoms with Crippen molar-refractivity contribution < 1.29 is 4.79 Å². The van der Waals surface area contributed by atoms with Gasteiger partial charge in [-0.3, -0.25) is 9.48 Å². The molecule has 16 heavy (non-hydrogen) atoms. The fourth-order valence-electron chi connectivity index (χ4n) is 1.43. The van der Waals surface area contributed by atoms with Crippen LogP contribution in [0.3, 0.4) is 0 Å². The smallest absolute Gasteiger partial charge is 0.254 e. The highest BCUT2D eigenvalue weighted by atomic mass is 32.1. The maximum Gasteiger partial charge on any atom is 0.254 e. The summed E-state index contributed by atoms with van der Waals surface area (Å²) in [5.41, 5.74) is 0.589. The molecule has 2 aromatic rings. The largest absolute Gasteiger partial charge is 0.345 e. The molecule has 0 bridgehead atoms. The molecule has 2 rings (SSSR count). The van der Waals surface area contributed by atoms with Crippen molar-refractivity contribution in [3.63, 3.8) is 0 Å². The van der Waals surface area contributed by atoms with Gasteiger partial charge in [-0.25, -0.2) is 0 Å². The monoisotopic (exact) mass is 235 g/mol. The van der Waals surface area contributed by atoms with Gasteiger partial charge in [0, 0.05) is 18.1 Å². The number of aromatic nitrogens is 2. The van der Waals surface area contributed by atoms with Crippen molar-refractivity contribution in [2.75, 3.05) is 0 Å². The van der Waals surface area contributed by atoms with Crippen LogP contribution in [0, 0.1) is 0 Å². The van der Waals surface area contributed by atoms with Gasteiger partial charge >= 0.3 is 0 Å². The molecule has 5 heteroatoms. The minimum absolute atomic E-state index is 0.0349. The summed E-state index contributed by atoms with van der Waals surface area (Å²) in [6.07, 6.45) is 3.27. The van der Waals surface area contributed by atoms with Gasteiger partial charge in [-0.05, 0) is 18.4 Å². The summed E-state index contributed by atoms with van der Waals surface area (Å²) in [5.74, 6) is -0.0889. The van der Waals surface area contributed by atoms with Crippen LogP contribution in [0.5, 0.6) is 0 Å². The van der Waals surface area contributed by atoms with Gasteiger partial charge < -0.3 is 5.32 Å². The number of thiophene rings is 1. The summed E-state index contributed by atoms with van der Waals surface area (Å²) < 4.78 is 1.62. The predicted molar refractivity (Wildman–Crippen MR) is 63.4 cm³/mol. The average molecular weight is 235 g/mol. The summed E-state index contributed by atoms with van der Waals surface area (Å²) in [4.78, 5) is 13.0. The minimum atomic E-state index is -0.0889. The van der Waals surface area contributed by atoms with Gasteiger partial charge in [-0.1, -0.05) is 6.07 Å². The maximum absolute atomic E-state index is 11.8. The summed E-state index contributed by atoms with van der Waals surface area (Å²) in [5, 5.41) is 8.90. The van der Waals surface area contributed by atoms with Gasteiger partial charge in [-0.15, -0.1) is 11.3 Å². The molecule has 1 unspecified atom stereocenters. The number of carbonyl (C=O) groups excluding carboxylic acids is 1. The Morgan fingerprint density at radius 2 is 2.44 bits per heavy atom. The second kappa shape index (κ2) is 4.49. The van der Waals surface area contributed by atoms with Crippen molar-refractivity contribution >= 4 is 17.2 Å². The molecule has 0 aliphatic heterocycles. The van der Waals surface area contributed by atoms with Crippen LogP contribution in [0.1, 0.15) is 28.2 Å². The first kappa shape index (κ1) is 10.9. The zero-order valence-electron chi connectivity index (χ0n) is 9.18. The van der Waals surface area contributed by atoms with Crippen molar-refractivity contribution in [3.05, 3.63) is 40.3 Å². The van der Waals surface area contributed by atoms with Crippen LogP contribution < -0.4 is 5.32 Å². The second-order valence-corrected chi connectivity index (χ2v) is 4.59. The Balaban J connectivity index is 2.03. The lowest BCUT2D eigenvalue weighted by molar-refractivity contribution is 0.0940. The summed E-state index contributed by atoms with van der Waals surface area (Å²) in [6.45, 7) is 1.97. The molecule has 1 amide bonds. The molecule has 0 radical (unpaired) electrons. The van der Waals surface area contributed by atoms with E-state index in [2.05, 4.69) is 10.4 Å². The molecule has 2 heterocycles. The first-order valence-corrected chi connectivity index (χ1v) is 5.87. The normalized spacial score (nSPS) is 12.4. The molecular weight excluding hydrogens is 222 g/mol. The number of hydrogen-bond acceptors (Lipinski definition) is 3. The van der Waals surface area contributed by atoms with E-state index < -0.39 is 0 Å². The van der Waals surface area contributed by atoms with E-state index in [0.29, 0.717) is 5.56 Å². The third kappa shape index (κ3) is 2.30. The van der Waals surface area contributed by atoms with Crippen molar-refractivity contribution in [3.8, 4) is 0 Å². The Morgan fingerprint density at radius 3 is 3.00 bits per heavy atom. The second-order valence-electron chi connectivity index (χ2n) is 3.61. The Labute approximate surface area is 97.9 Å². The lowest BCUT2D eigenvalue weighted by Gasteiger charge is -2.10. The van der Waals surface area contributed by atoms with E-state index in [1.165, 1.54) is 0 Å². The van der Waals surface area contributed by atoms with Crippen molar-refractivity contribution in [1.82, 2.24) is 15.1 Å². The van der Waals surface area contributed by atoms with Crippen LogP contribution in [0.25, 0.3) is 0 Å². The molecule has 0 aliphatic rings. The number of nitrogens with one attached hydrogen (secondary N) is 1. The third-order valence-electron chi connectivity index (χ3n) is 2.28. The van der Waals surface area contributed by atoms with E-state index in [0.717, 1.165) is 4.88 Å². The number of amides is 1. The zero-order chi connectivity index (χ0) is 11.5. The van der Waals surface area contributed by atoms with E-state index in [9.17, 15) is 4.79 Å². The van der Waals surface area contributed by atoms with Crippen molar-refractivity contribution in [1.29, 1.82) is 0 Å². The van der Waals surface area contributed by atoms with E-state index in [4.69, 9.17) is 0 Å². The molecule has 0 saturated carbocycles. The Kier molecular flexibility index (Phi) is 3.05. The van der Waals surface area contributed by atoms with Crippen LogP contribution in [-0.4, -0.2) is 15.7 Å². The fraction of sp³-hybridized carbons (Fsp3) is 0.273. The predicted octanol–water partition coefficient (Wildman–Crippen LogP) is 1.97. The quantitative estimate of drug-likeness (QED) is 0.884. The number of nitrogens with zero attached hydrogens (tertiary/aromatic N) is 2. The molecule has 2 aromatic heterocycles. The highest BCUT2D eigenvalue weighted by Crippen LogP contribution is 2.18. The van der Waals surface area contributed by atoms with Crippen molar-refractivity contribution in [2.45, 2.75) is 13.0 Å². The van der Waals surface area contributed by atoms with Gasteiger partial charge in [-0.2, -0.15) is 5.10 Å². The molecule has 0 aromatic carbocycles. The van der Waals surface area contributed by atoms with Crippen molar-refractivity contribution in [2.24, 2.45) is 7.05 Å². The summed E-state index contributed by atoms with van der Waals surface area (Å²) in [7, 11) is 1.79. The number of carbonyl (C=O) groups is 1. The van der Waals surface area contributed by atoms with Gasteiger partial charge in [0.15, 0.2) is 0 Å². The zero-order valence-corrected chi connectivity index (χ0v) is 9.99. The first-order chi connectivity index (χ1) is 7.66. The molecule has 1 N–H and O–H groups in total. The van der Waals surface area contributed by atoms with Crippen LogP contribution in [0.2, 0.25) is 0 Å². The highest BCUT2D eigenvalue weighted by Gasteiger charge is 2.12. The van der Waals surface area contributed by atoms with Crippen LogP contribution in [-0.2, 0) is 7.05 Å². The molecular formula is C11H13N3OS. The topological polar surface area (TPSA) is 46.9 Å². The van der Waals surface area contributed by atoms with Gasteiger partial charge in [0.2, 0.25) is 0 Å². The van der Waals surface area contributed by atoms with Gasteiger partial charge in [0.1, 0.15) is 0 Å². The first-order valence-electron chi connectivity index (χ1n) is 4.99. The van der Waals surface area contributed by atoms with Gasteiger partial charge in [0.05, 0.1) is 17.8 Å². The number of rotatable bonds is 3. The Bertz CT molecular complexity index is 475. The highest BCUT2D eigenvalue weighted by molar-refractivity contribution is 7.10. The fourth-order valence-corrected chi connectivity index (χ4v) is 2.16. The van der Waals surface area contributed by atoms with E-state index in [-0.39, 0.29) is 11.9 Å². The number of aryl methyl sites for hydroxylation is 1. The maximum atomic E-state index is 11.8. The average Bonchev–Trinajstić information content (AvgIpc) is 2.87. The van der Waals surface area contributed by atoms with Crippen LogP contribution in [0.15, 0.2) is 29.9 Å². The van der Waals surface area contributed by atoms with Crippen LogP contribution >= 0.6 is 11.3 Å². The molecule has 1 atom stereocenters. The Morgan fingerprint density at radius 1 is 1.62 bits per heavy atom. The summed E-state index contributed by atoms with van der Waals surface area (Å²) >= 11 is 1.64. The summed E-state index contributed by atoms with van der Waals surface area (Å²) in [6, 6.07) is 4.03. The molecule has 0 spiro atoms. The van der Waals surface area contributed by atoms with Gasteiger partial charge in [0.25, 0.3) is 5.91 Å². The molecule has 0 saturated heterocycles. The third-order valence-corrected chi connectivity index (χ3v) is 3.34. The van der Waals surface area contributed by atoms with E-state index in [1.807, 2.05) is 24.4 Å². The Hall–Kier alpha value is -1.62. The lowest BCUT2D eigenvalue weighted by atomic mass is 10.2. The molecule has 0 aliphatic carbocycles.